The zero-order valence-corrected chi connectivity index (χ0v) is 8.30. The van der Waals surface area contributed by atoms with Crippen LogP contribution in [0.5, 0.6) is 0 Å². The third kappa shape index (κ3) is 2.08. The van der Waals surface area contributed by atoms with Crippen LogP contribution >= 0.6 is 0 Å². The Bertz CT molecular complexity index is 459. The lowest BCUT2D eigenvalue weighted by molar-refractivity contribution is -0.125. The second-order valence-corrected chi connectivity index (χ2v) is 3.77. The summed E-state index contributed by atoms with van der Waals surface area (Å²) in [6.45, 7) is 0. The fraction of sp³-hybridized carbons (Fsp3) is 0.273. The zero-order valence-electron chi connectivity index (χ0n) is 8.30. The van der Waals surface area contributed by atoms with Crippen LogP contribution in [0.25, 0.3) is 0 Å². The van der Waals surface area contributed by atoms with E-state index in [1.54, 1.807) is 0 Å². The van der Waals surface area contributed by atoms with Crippen LogP contribution in [0.2, 0.25) is 0 Å². The lowest BCUT2D eigenvalue weighted by atomic mass is 9.98. The van der Waals surface area contributed by atoms with E-state index in [9.17, 15) is 18.4 Å². The SMILES string of the molecule is O=C1CC(Cc2ccc(F)c(F)c2)C(=O)N1. The highest BCUT2D eigenvalue weighted by Gasteiger charge is 2.30. The predicted octanol–water partition coefficient (Wildman–Crippen LogP) is 1.17. The van der Waals surface area contributed by atoms with E-state index in [0.29, 0.717) is 5.56 Å². The molecule has 0 bridgehead atoms. The maximum atomic E-state index is 12.9. The van der Waals surface area contributed by atoms with E-state index in [1.807, 2.05) is 0 Å². The smallest absolute Gasteiger partial charge is 0.230 e. The normalized spacial score (nSPS) is 20.0. The molecule has 0 radical (unpaired) electrons. The van der Waals surface area contributed by atoms with E-state index in [0.717, 1.165) is 12.1 Å². The Kier molecular flexibility index (Phi) is 2.68. The molecule has 5 heteroatoms. The van der Waals surface area contributed by atoms with E-state index in [-0.39, 0.29) is 24.7 Å². The number of carbonyl (C=O) groups is 2. The Morgan fingerprint density at radius 3 is 2.56 bits per heavy atom. The number of hydrogen-bond donors (Lipinski definition) is 1. The number of halogens is 2. The first-order chi connectivity index (χ1) is 7.56. The average Bonchev–Trinajstić information content (AvgIpc) is 2.51. The molecular formula is C11H9F2NO2. The van der Waals surface area contributed by atoms with Crippen LogP contribution in [-0.2, 0) is 16.0 Å². The zero-order chi connectivity index (χ0) is 11.7. The summed E-state index contributed by atoms with van der Waals surface area (Å²) in [6.07, 6.45) is 0.354. The molecule has 0 aliphatic carbocycles. The molecule has 1 saturated heterocycles. The van der Waals surface area contributed by atoms with E-state index < -0.39 is 17.6 Å². The molecule has 2 rings (SSSR count). The molecule has 1 unspecified atom stereocenters. The van der Waals surface area contributed by atoms with Crippen LogP contribution in [0.4, 0.5) is 8.78 Å². The van der Waals surface area contributed by atoms with Crippen molar-refractivity contribution in [1.29, 1.82) is 0 Å². The molecule has 1 fully saturated rings. The van der Waals surface area contributed by atoms with Crippen molar-refractivity contribution in [3.63, 3.8) is 0 Å². The van der Waals surface area contributed by atoms with Gasteiger partial charge in [-0.25, -0.2) is 8.78 Å². The predicted molar refractivity (Wildman–Crippen MR) is 51.3 cm³/mol. The first kappa shape index (κ1) is 10.7. The van der Waals surface area contributed by atoms with Gasteiger partial charge in [0.15, 0.2) is 11.6 Å². The number of imide groups is 1. The summed E-state index contributed by atoms with van der Waals surface area (Å²) < 4.78 is 25.5. The largest absolute Gasteiger partial charge is 0.296 e. The summed E-state index contributed by atoms with van der Waals surface area (Å²) in [5, 5.41) is 2.17. The van der Waals surface area contributed by atoms with Crippen LogP contribution in [0.3, 0.4) is 0 Å². The van der Waals surface area contributed by atoms with Crippen LogP contribution in [0.15, 0.2) is 18.2 Å². The highest BCUT2D eigenvalue weighted by molar-refractivity contribution is 6.03. The number of carbonyl (C=O) groups excluding carboxylic acids is 2. The minimum absolute atomic E-state index is 0.109. The van der Waals surface area contributed by atoms with Crippen molar-refractivity contribution in [2.45, 2.75) is 12.8 Å². The Morgan fingerprint density at radius 2 is 2.00 bits per heavy atom. The molecule has 16 heavy (non-hydrogen) atoms. The standard InChI is InChI=1S/C11H9F2NO2/c12-8-2-1-6(4-9(8)13)3-7-5-10(15)14-11(7)16/h1-2,4,7H,3,5H2,(H,14,15,16). The van der Waals surface area contributed by atoms with Gasteiger partial charge in [0.2, 0.25) is 11.8 Å². The molecule has 0 aromatic heterocycles. The van der Waals surface area contributed by atoms with Gasteiger partial charge < -0.3 is 0 Å². The van der Waals surface area contributed by atoms with E-state index >= 15 is 0 Å². The number of rotatable bonds is 2. The summed E-state index contributed by atoms with van der Waals surface area (Å²) in [4.78, 5) is 22.2. The van der Waals surface area contributed by atoms with Crippen molar-refractivity contribution in [3.05, 3.63) is 35.4 Å². The highest BCUT2D eigenvalue weighted by atomic mass is 19.2. The maximum Gasteiger partial charge on any atom is 0.230 e. The lowest BCUT2D eigenvalue weighted by Crippen LogP contribution is -2.22. The molecule has 84 valence electrons. The van der Waals surface area contributed by atoms with Crippen molar-refractivity contribution in [2.75, 3.05) is 0 Å². The highest BCUT2D eigenvalue weighted by Crippen LogP contribution is 2.18. The van der Waals surface area contributed by atoms with E-state index in [1.165, 1.54) is 6.07 Å². The molecule has 2 amide bonds. The molecule has 1 aromatic carbocycles. The van der Waals surface area contributed by atoms with Gasteiger partial charge in [0.1, 0.15) is 0 Å². The van der Waals surface area contributed by atoms with Crippen molar-refractivity contribution >= 4 is 11.8 Å². The fourth-order valence-electron chi connectivity index (χ4n) is 1.72. The van der Waals surface area contributed by atoms with E-state index in [4.69, 9.17) is 0 Å². The van der Waals surface area contributed by atoms with Gasteiger partial charge >= 0.3 is 0 Å². The third-order valence-corrected chi connectivity index (χ3v) is 2.53. The third-order valence-electron chi connectivity index (χ3n) is 2.53. The second kappa shape index (κ2) is 4.00. The van der Waals surface area contributed by atoms with Crippen LogP contribution in [0, 0.1) is 17.6 Å². The number of hydrogen-bond acceptors (Lipinski definition) is 2. The first-order valence-corrected chi connectivity index (χ1v) is 4.84. The van der Waals surface area contributed by atoms with Gasteiger partial charge in [-0.15, -0.1) is 0 Å². The Morgan fingerprint density at radius 1 is 1.25 bits per heavy atom. The van der Waals surface area contributed by atoms with Crippen molar-refractivity contribution in [3.8, 4) is 0 Å². The molecule has 1 heterocycles. The maximum absolute atomic E-state index is 12.9. The van der Waals surface area contributed by atoms with Gasteiger partial charge in [-0.1, -0.05) is 6.07 Å². The van der Waals surface area contributed by atoms with E-state index in [2.05, 4.69) is 5.32 Å². The Balaban J connectivity index is 2.12. The monoisotopic (exact) mass is 225 g/mol. The number of nitrogens with one attached hydrogen (secondary N) is 1. The quantitative estimate of drug-likeness (QED) is 0.768. The van der Waals surface area contributed by atoms with Crippen molar-refractivity contribution in [1.82, 2.24) is 5.32 Å². The molecule has 1 aromatic rings. The topological polar surface area (TPSA) is 46.2 Å². The number of amides is 2. The molecule has 3 nitrogen and oxygen atoms in total. The van der Waals surface area contributed by atoms with Gasteiger partial charge in [-0.05, 0) is 24.1 Å². The molecule has 1 N–H and O–H groups in total. The molecule has 1 aliphatic rings. The molecule has 1 atom stereocenters. The van der Waals surface area contributed by atoms with Crippen molar-refractivity contribution in [2.24, 2.45) is 5.92 Å². The second-order valence-electron chi connectivity index (χ2n) is 3.77. The minimum atomic E-state index is -0.942. The molecular weight excluding hydrogens is 216 g/mol. The van der Waals surface area contributed by atoms with Crippen molar-refractivity contribution < 1.29 is 18.4 Å². The lowest BCUT2D eigenvalue weighted by Gasteiger charge is -2.05. The molecule has 0 saturated carbocycles. The number of benzene rings is 1. The van der Waals surface area contributed by atoms with Crippen LogP contribution < -0.4 is 5.32 Å². The van der Waals surface area contributed by atoms with Crippen LogP contribution in [-0.4, -0.2) is 11.8 Å². The summed E-state index contributed by atoms with van der Waals surface area (Å²) in [5.74, 6) is -3.01. The Labute approximate surface area is 90.5 Å². The fourth-order valence-corrected chi connectivity index (χ4v) is 1.72. The minimum Gasteiger partial charge on any atom is -0.296 e. The summed E-state index contributed by atoms with van der Waals surface area (Å²) in [5.41, 5.74) is 0.508. The summed E-state index contributed by atoms with van der Waals surface area (Å²) in [7, 11) is 0. The molecule has 1 aliphatic heterocycles. The van der Waals surface area contributed by atoms with Gasteiger partial charge in [0.05, 0.1) is 5.92 Å². The van der Waals surface area contributed by atoms with Gasteiger partial charge in [0.25, 0.3) is 0 Å². The van der Waals surface area contributed by atoms with Gasteiger partial charge in [-0.2, -0.15) is 0 Å². The Hall–Kier alpha value is -1.78. The molecule has 0 spiro atoms. The first-order valence-electron chi connectivity index (χ1n) is 4.84. The van der Waals surface area contributed by atoms with Gasteiger partial charge in [0, 0.05) is 6.42 Å². The summed E-state index contributed by atoms with van der Waals surface area (Å²) in [6, 6.07) is 3.47. The summed E-state index contributed by atoms with van der Waals surface area (Å²) >= 11 is 0. The van der Waals surface area contributed by atoms with Gasteiger partial charge in [-0.3, -0.25) is 14.9 Å². The van der Waals surface area contributed by atoms with Crippen LogP contribution in [0.1, 0.15) is 12.0 Å². The average molecular weight is 225 g/mol.